The lowest BCUT2D eigenvalue weighted by molar-refractivity contribution is 0.187. The summed E-state index contributed by atoms with van der Waals surface area (Å²) in [6.45, 7) is 2.90. The van der Waals surface area contributed by atoms with Gasteiger partial charge in [-0.25, -0.2) is 8.78 Å². The van der Waals surface area contributed by atoms with Crippen LogP contribution in [-0.2, 0) is 0 Å². The Morgan fingerprint density at radius 3 is 2.03 bits per heavy atom. The molecule has 4 aromatic rings. The van der Waals surface area contributed by atoms with Crippen LogP contribution in [0, 0.1) is 23.5 Å². The van der Waals surface area contributed by atoms with Crippen LogP contribution in [0.25, 0.3) is 33.3 Å². The fourth-order valence-electron chi connectivity index (χ4n) is 4.54. The van der Waals surface area contributed by atoms with E-state index in [1.54, 1.807) is 24.3 Å². The molecular formula is C26H24F2N2O2S. The maximum atomic E-state index is 15.1. The van der Waals surface area contributed by atoms with Gasteiger partial charge in [-0.1, -0.05) is 31.9 Å². The van der Waals surface area contributed by atoms with Gasteiger partial charge in [-0.3, -0.25) is 0 Å². The molecule has 1 aromatic heterocycles. The molecule has 1 N–H and O–H groups in total. The Morgan fingerprint density at radius 1 is 0.848 bits per heavy atom. The van der Waals surface area contributed by atoms with Crippen molar-refractivity contribution in [1.82, 2.24) is 8.75 Å². The van der Waals surface area contributed by atoms with Gasteiger partial charge in [0.15, 0.2) is 0 Å². The van der Waals surface area contributed by atoms with Crippen molar-refractivity contribution < 1.29 is 18.6 Å². The largest absolute Gasteiger partial charge is 0.508 e. The lowest BCUT2D eigenvalue weighted by atomic mass is 9.83. The molecular weight excluding hydrogens is 442 g/mol. The predicted molar refractivity (Wildman–Crippen MR) is 126 cm³/mol. The molecule has 0 aliphatic heterocycles. The molecule has 7 heteroatoms. The average Bonchev–Trinajstić information content (AvgIpc) is 3.29. The molecule has 5 rings (SSSR count). The lowest BCUT2D eigenvalue weighted by Gasteiger charge is -2.26. The zero-order chi connectivity index (χ0) is 22.9. The van der Waals surface area contributed by atoms with Crippen LogP contribution in [0.2, 0.25) is 0 Å². The van der Waals surface area contributed by atoms with E-state index in [9.17, 15) is 9.50 Å². The van der Waals surface area contributed by atoms with E-state index in [1.165, 1.54) is 31.0 Å². The molecule has 0 unspecified atom stereocenters. The van der Waals surface area contributed by atoms with E-state index in [1.807, 2.05) is 0 Å². The van der Waals surface area contributed by atoms with Gasteiger partial charge in [0.05, 0.1) is 18.3 Å². The second kappa shape index (κ2) is 9.06. The van der Waals surface area contributed by atoms with Crippen molar-refractivity contribution in [2.24, 2.45) is 11.8 Å². The maximum absolute atomic E-state index is 15.1. The molecule has 1 aliphatic carbocycles. The normalized spacial score (nSPS) is 18.5. The summed E-state index contributed by atoms with van der Waals surface area (Å²) < 4.78 is 44.1. The highest BCUT2D eigenvalue weighted by atomic mass is 32.1. The van der Waals surface area contributed by atoms with E-state index in [4.69, 9.17) is 4.74 Å². The van der Waals surface area contributed by atoms with Gasteiger partial charge >= 0.3 is 0 Å². The second-order valence-electron chi connectivity index (χ2n) is 8.86. The minimum Gasteiger partial charge on any atom is -0.508 e. The zero-order valence-corrected chi connectivity index (χ0v) is 19.0. The number of rotatable bonds is 5. The number of halogens is 2. The molecule has 0 saturated heterocycles. The Labute approximate surface area is 195 Å². The number of phenols is 1. The number of hydrogen-bond acceptors (Lipinski definition) is 5. The van der Waals surface area contributed by atoms with Gasteiger partial charge in [-0.05, 0) is 48.9 Å². The van der Waals surface area contributed by atoms with Gasteiger partial charge in [0.1, 0.15) is 34.2 Å². The number of aromatic nitrogens is 2. The molecule has 0 radical (unpaired) electrons. The third-order valence-corrected chi connectivity index (χ3v) is 7.04. The van der Waals surface area contributed by atoms with Gasteiger partial charge < -0.3 is 9.84 Å². The first kappa shape index (κ1) is 21.8. The molecule has 1 saturated carbocycles. The fourth-order valence-corrected chi connectivity index (χ4v) is 5.11. The molecule has 1 heterocycles. The Kier molecular flexibility index (Phi) is 5.98. The molecule has 170 valence electrons. The highest BCUT2D eigenvalue weighted by Gasteiger charge is 2.20. The third-order valence-electron chi connectivity index (χ3n) is 6.51. The van der Waals surface area contributed by atoms with E-state index in [0.717, 1.165) is 36.6 Å². The molecule has 0 amide bonds. The summed E-state index contributed by atoms with van der Waals surface area (Å²) in [6, 6.07) is 12.3. The first-order chi connectivity index (χ1) is 16.0. The number of phenolic OH excluding ortho intramolecular Hbond substituents is 1. The van der Waals surface area contributed by atoms with E-state index in [0.29, 0.717) is 51.6 Å². The Bertz CT molecular complexity index is 1300. The van der Waals surface area contributed by atoms with Crippen molar-refractivity contribution in [3.8, 4) is 33.8 Å². The fraction of sp³-hybridized carbons (Fsp3) is 0.308. The van der Waals surface area contributed by atoms with Crippen LogP contribution in [0.3, 0.4) is 0 Å². The highest BCUT2D eigenvalue weighted by molar-refractivity contribution is 7.00. The standard InChI is InChI=1S/C26H24F2N2O2S/c1-15-2-4-16(5-3-15)14-32-18-7-9-20(24(28)13-18)22-11-10-21(25-26(22)30-33-29-25)19-8-6-17(31)12-23(19)27/h6-13,15-16,31H,2-5,14H2,1H3. The van der Waals surface area contributed by atoms with Crippen LogP contribution in [0.15, 0.2) is 48.5 Å². The average molecular weight is 467 g/mol. The predicted octanol–water partition coefficient (Wildman–Crippen LogP) is 7.21. The van der Waals surface area contributed by atoms with Crippen LogP contribution in [0.1, 0.15) is 32.6 Å². The molecule has 0 bridgehead atoms. The van der Waals surface area contributed by atoms with Crippen molar-refractivity contribution >= 4 is 22.8 Å². The first-order valence-electron chi connectivity index (χ1n) is 11.2. The molecule has 1 aliphatic rings. The summed E-state index contributed by atoms with van der Waals surface area (Å²) in [4.78, 5) is 0. The number of aromatic hydroxyl groups is 1. The van der Waals surface area contributed by atoms with Gasteiger partial charge in [0, 0.05) is 34.4 Å². The van der Waals surface area contributed by atoms with Crippen LogP contribution in [-0.4, -0.2) is 20.5 Å². The summed E-state index contributed by atoms with van der Waals surface area (Å²) in [5.41, 5.74) is 2.83. The number of nitrogens with zero attached hydrogens (tertiary/aromatic N) is 2. The number of benzene rings is 3. The SMILES string of the molecule is CC1CCC(COc2ccc(-c3ccc(-c4ccc(O)cc4F)c4nsnc34)c(F)c2)CC1. The van der Waals surface area contributed by atoms with Gasteiger partial charge in [0.25, 0.3) is 0 Å². The zero-order valence-electron chi connectivity index (χ0n) is 18.2. The monoisotopic (exact) mass is 466 g/mol. The maximum Gasteiger partial charge on any atom is 0.134 e. The van der Waals surface area contributed by atoms with Crippen molar-refractivity contribution in [2.75, 3.05) is 6.61 Å². The minimum atomic E-state index is -0.558. The highest BCUT2D eigenvalue weighted by Crippen LogP contribution is 2.38. The smallest absolute Gasteiger partial charge is 0.134 e. The van der Waals surface area contributed by atoms with Crippen molar-refractivity contribution in [3.05, 3.63) is 60.2 Å². The van der Waals surface area contributed by atoms with Crippen molar-refractivity contribution in [3.63, 3.8) is 0 Å². The summed E-state index contributed by atoms with van der Waals surface area (Å²) in [6.07, 6.45) is 4.76. The van der Waals surface area contributed by atoms with Crippen LogP contribution in [0.4, 0.5) is 8.78 Å². The van der Waals surface area contributed by atoms with E-state index in [-0.39, 0.29) is 5.75 Å². The Balaban J connectivity index is 1.42. The quantitative estimate of drug-likeness (QED) is 0.337. The molecule has 4 nitrogen and oxygen atoms in total. The van der Waals surface area contributed by atoms with Crippen LogP contribution >= 0.6 is 11.7 Å². The second-order valence-corrected chi connectivity index (χ2v) is 9.39. The summed E-state index contributed by atoms with van der Waals surface area (Å²) in [7, 11) is 0. The topological polar surface area (TPSA) is 55.2 Å². The van der Waals surface area contributed by atoms with Gasteiger partial charge in [-0.15, -0.1) is 0 Å². The lowest BCUT2D eigenvalue weighted by Crippen LogP contribution is -2.18. The minimum absolute atomic E-state index is 0.150. The molecule has 0 atom stereocenters. The number of fused-ring (bicyclic) bond motifs is 1. The molecule has 1 fully saturated rings. The Morgan fingerprint density at radius 2 is 1.42 bits per heavy atom. The van der Waals surface area contributed by atoms with Gasteiger partial charge in [0.2, 0.25) is 0 Å². The van der Waals surface area contributed by atoms with Crippen LogP contribution in [0.5, 0.6) is 11.5 Å². The van der Waals surface area contributed by atoms with Crippen molar-refractivity contribution in [1.29, 1.82) is 0 Å². The number of ether oxygens (including phenoxy) is 1. The summed E-state index contributed by atoms with van der Waals surface area (Å²) in [5.74, 6) is 0.720. The third kappa shape index (κ3) is 4.42. The first-order valence-corrected chi connectivity index (χ1v) is 11.9. The number of hydrogen-bond donors (Lipinski definition) is 1. The molecule has 33 heavy (non-hydrogen) atoms. The molecule has 3 aromatic carbocycles. The van der Waals surface area contributed by atoms with Crippen molar-refractivity contribution in [2.45, 2.75) is 32.6 Å². The van der Waals surface area contributed by atoms with E-state index >= 15 is 4.39 Å². The summed E-state index contributed by atoms with van der Waals surface area (Å²) >= 11 is 0.994. The van der Waals surface area contributed by atoms with Crippen LogP contribution < -0.4 is 4.74 Å². The van der Waals surface area contributed by atoms with Gasteiger partial charge in [-0.2, -0.15) is 8.75 Å². The molecule has 0 spiro atoms. The summed E-state index contributed by atoms with van der Waals surface area (Å²) in [5, 5.41) is 9.51. The van der Waals surface area contributed by atoms with E-state index < -0.39 is 11.6 Å². The Hall–Kier alpha value is -3.06. The van der Waals surface area contributed by atoms with E-state index in [2.05, 4.69) is 15.7 Å².